The fourth-order valence-corrected chi connectivity index (χ4v) is 6.17. The van der Waals surface area contributed by atoms with Gasteiger partial charge in [0.05, 0.1) is 23.9 Å². The summed E-state index contributed by atoms with van der Waals surface area (Å²) in [6, 6.07) is 8.01. The lowest BCUT2D eigenvalue weighted by atomic mass is 10.0. The number of thiophene rings is 1. The van der Waals surface area contributed by atoms with E-state index >= 15 is 0 Å². The predicted molar refractivity (Wildman–Crippen MR) is 145 cm³/mol. The average molecular weight is 502 g/mol. The van der Waals surface area contributed by atoms with Gasteiger partial charge in [0.25, 0.3) is 11.5 Å². The zero-order valence-corrected chi connectivity index (χ0v) is 21.1. The normalized spacial score (nSPS) is 15.0. The van der Waals surface area contributed by atoms with Crippen LogP contribution in [0, 0.1) is 5.92 Å². The van der Waals surface area contributed by atoms with E-state index in [1.807, 2.05) is 28.8 Å². The van der Waals surface area contributed by atoms with Crippen molar-refractivity contribution < 1.29 is 14.6 Å². The Bertz CT molecular complexity index is 1210. The second-order valence-electron chi connectivity index (χ2n) is 9.10. The Morgan fingerprint density at radius 3 is 2.54 bits per heavy atom. The van der Waals surface area contributed by atoms with Crippen molar-refractivity contribution in [2.24, 2.45) is 5.92 Å². The number of nitrogens with one attached hydrogen (secondary N) is 1. The Kier molecular flexibility index (Phi) is 9.33. The molecule has 1 saturated heterocycles. The highest BCUT2D eigenvalue weighted by Gasteiger charge is 2.27. The molecule has 35 heavy (non-hydrogen) atoms. The first-order valence-corrected chi connectivity index (χ1v) is 13.1. The van der Waals surface area contributed by atoms with Gasteiger partial charge in [-0.25, -0.2) is 0 Å². The van der Waals surface area contributed by atoms with Gasteiger partial charge < -0.3 is 24.6 Å². The van der Waals surface area contributed by atoms with E-state index in [2.05, 4.69) is 24.1 Å². The van der Waals surface area contributed by atoms with Crippen LogP contribution < -0.4 is 15.6 Å². The van der Waals surface area contributed by atoms with Crippen molar-refractivity contribution in [2.45, 2.75) is 59.5 Å². The average Bonchev–Trinajstić information content (AvgIpc) is 3.26. The highest BCUT2D eigenvalue weighted by atomic mass is 32.1. The number of aromatic nitrogens is 1. The fourth-order valence-electron chi connectivity index (χ4n) is 4.97. The molecule has 0 spiro atoms. The number of para-hydroxylation sites is 1. The summed E-state index contributed by atoms with van der Waals surface area (Å²) in [6.07, 6.45) is 3.68. The van der Waals surface area contributed by atoms with Gasteiger partial charge in [-0.3, -0.25) is 9.59 Å². The first-order chi connectivity index (χ1) is 16.5. The van der Waals surface area contributed by atoms with Gasteiger partial charge in [-0.15, -0.1) is 11.3 Å². The van der Waals surface area contributed by atoms with Crippen molar-refractivity contribution in [2.75, 3.05) is 33.4 Å². The molecule has 7 nitrogen and oxygen atoms in total. The molecule has 1 fully saturated rings. The van der Waals surface area contributed by atoms with Crippen LogP contribution >= 0.6 is 11.3 Å². The zero-order chi connectivity index (χ0) is 24.2. The molecular weight excluding hydrogens is 462 g/mol. The second kappa shape index (κ2) is 12.0. The number of fused-ring (bicyclic) bond motifs is 3. The van der Waals surface area contributed by atoms with Crippen LogP contribution in [-0.4, -0.2) is 59.9 Å². The van der Waals surface area contributed by atoms with Gasteiger partial charge in [0.15, 0.2) is 5.75 Å². The van der Waals surface area contributed by atoms with Crippen LogP contribution in [0.2, 0.25) is 0 Å². The number of piperidine rings is 1. The lowest BCUT2D eigenvalue weighted by molar-refractivity contribution is 0.0904. The molecule has 0 aliphatic carbocycles. The monoisotopic (exact) mass is 501 g/mol. The Labute approximate surface area is 211 Å². The number of benzene rings is 1. The number of methoxy groups -OCH3 is 1. The summed E-state index contributed by atoms with van der Waals surface area (Å²) in [7, 11) is 1.53. The largest absolute Gasteiger partial charge is 0.494 e. The zero-order valence-electron chi connectivity index (χ0n) is 20.3. The smallest absolute Gasteiger partial charge is 0.265 e. The van der Waals surface area contributed by atoms with Crippen molar-refractivity contribution in [1.82, 2.24) is 14.8 Å². The molecule has 192 valence electrons. The number of hydrogen-bond donors (Lipinski definition) is 2. The minimum Gasteiger partial charge on any atom is -0.494 e. The number of ether oxygens (including phenoxy) is 1. The van der Waals surface area contributed by atoms with Crippen LogP contribution in [0.5, 0.6) is 5.75 Å². The first kappa shape index (κ1) is 27.2. The molecule has 0 radical (unpaired) electrons. The molecule has 0 saturated carbocycles. The predicted octanol–water partition coefficient (Wildman–Crippen LogP) is 4.48. The second-order valence-corrected chi connectivity index (χ2v) is 10.1. The highest BCUT2D eigenvalue weighted by molar-refractivity contribution is 7.22. The number of rotatable bonds is 9. The Morgan fingerprint density at radius 1 is 1.23 bits per heavy atom. The SMILES string of the molecule is C.CCC(CC)Cn1c(=O)c2c(OC)c(C(=O)NC3CCN(CCO)CC3)sc2c2ccccc21. The summed E-state index contributed by atoms with van der Waals surface area (Å²) in [5, 5.41) is 13.8. The van der Waals surface area contributed by atoms with E-state index < -0.39 is 0 Å². The van der Waals surface area contributed by atoms with Crippen molar-refractivity contribution in [3.05, 3.63) is 39.5 Å². The maximum absolute atomic E-state index is 13.7. The molecule has 0 atom stereocenters. The number of amides is 1. The lowest BCUT2D eigenvalue weighted by Crippen LogP contribution is -2.45. The topological polar surface area (TPSA) is 83.8 Å². The Balaban J connectivity index is 0.00000342. The van der Waals surface area contributed by atoms with Gasteiger partial charge >= 0.3 is 0 Å². The van der Waals surface area contributed by atoms with Gasteiger partial charge in [0, 0.05) is 37.6 Å². The van der Waals surface area contributed by atoms with E-state index in [4.69, 9.17) is 9.84 Å². The quantitative estimate of drug-likeness (QED) is 0.452. The summed E-state index contributed by atoms with van der Waals surface area (Å²) in [6.45, 7) is 7.47. The summed E-state index contributed by atoms with van der Waals surface area (Å²) >= 11 is 1.34. The van der Waals surface area contributed by atoms with E-state index in [1.165, 1.54) is 18.4 Å². The molecule has 8 heteroatoms. The molecule has 2 N–H and O–H groups in total. The lowest BCUT2D eigenvalue weighted by Gasteiger charge is -2.31. The molecule has 3 heterocycles. The van der Waals surface area contributed by atoms with E-state index in [-0.39, 0.29) is 31.5 Å². The molecule has 1 aliphatic rings. The highest BCUT2D eigenvalue weighted by Crippen LogP contribution is 2.39. The van der Waals surface area contributed by atoms with Crippen molar-refractivity contribution >= 4 is 38.2 Å². The number of hydrogen-bond acceptors (Lipinski definition) is 6. The van der Waals surface area contributed by atoms with Crippen molar-refractivity contribution in [3.8, 4) is 5.75 Å². The Morgan fingerprint density at radius 2 is 1.91 bits per heavy atom. The van der Waals surface area contributed by atoms with Crippen molar-refractivity contribution in [1.29, 1.82) is 0 Å². The van der Waals surface area contributed by atoms with Crippen LogP contribution in [0.3, 0.4) is 0 Å². The minimum absolute atomic E-state index is 0. The molecule has 1 aromatic carbocycles. The molecule has 2 aromatic heterocycles. The number of nitrogens with zero attached hydrogens (tertiary/aromatic N) is 2. The molecule has 4 rings (SSSR count). The van der Waals surface area contributed by atoms with Gasteiger partial charge in [0.2, 0.25) is 0 Å². The van der Waals surface area contributed by atoms with Gasteiger partial charge in [-0.2, -0.15) is 0 Å². The number of likely N-dealkylation sites (tertiary alicyclic amines) is 1. The third-order valence-corrected chi connectivity index (χ3v) is 8.31. The van der Waals surface area contributed by atoms with E-state index in [0.717, 1.165) is 54.4 Å². The summed E-state index contributed by atoms with van der Waals surface area (Å²) in [4.78, 5) is 29.7. The van der Waals surface area contributed by atoms with Gasteiger partial charge in [-0.1, -0.05) is 52.3 Å². The number of carbonyl (C=O) groups is 1. The van der Waals surface area contributed by atoms with E-state index in [9.17, 15) is 9.59 Å². The number of β-amino-alcohol motifs (C(OH)–C–C–N with tert-alkyl or cyclic N) is 1. The van der Waals surface area contributed by atoms with Crippen LogP contribution in [0.1, 0.15) is 56.6 Å². The maximum Gasteiger partial charge on any atom is 0.265 e. The maximum atomic E-state index is 13.7. The number of aliphatic hydroxyl groups excluding tert-OH is 1. The van der Waals surface area contributed by atoms with Crippen LogP contribution in [0.25, 0.3) is 21.0 Å². The fraction of sp³-hybridized carbons (Fsp3) is 0.556. The molecular formula is C27H39N3O4S. The van der Waals surface area contributed by atoms with Gasteiger partial charge in [0.1, 0.15) is 10.3 Å². The third kappa shape index (κ3) is 5.39. The van der Waals surface area contributed by atoms with Crippen LogP contribution in [-0.2, 0) is 6.54 Å². The minimum atomic E-state index is -0.186. The summed E-state index contributed by atoms with van der Waals surface area (Å²) < 4.78 is 8.37. The Hall–Kier alpha value is -2.42. The summed E-state index contributed by atoms with van der Waals surface area (Å²) in [5.41, 5.74) is 0.809. The molecule has 0 unspecified atom stereocenters. The number of pyridine rings is 1. The van der Waals surface area contributed by atoms with E-state index in [1.54, 1.807) is 0 Å². The first-order valence-electron chi connectivity index (χ1n) is 12.3. The van der Waals surface area contributed by atoms with E-state index in [0.29, 0.717) is 35.0 Å². The van der Waals surface area contributed by atoms with Crippen LogP contribution in [0.4, 0.5) is 0 Å². The molecule has 3 aromatic rings. The number of carbonyl (C=O) groups excluding carboxylic acids is 1. The molecule has 1 amide bonds. The molecule has 1 aliphatic heterocycles. The third-order valence-electron chi connectivity index (χ3n) is 7.11. The molecule has 0 bridgehead atoms. The summed E-state index contributed by atoms with van der Waals surface area (Å²) in [5.74, 6) is 0.598. The van der Waals surface area contributed by atoms with Gasteiger partial charge in [-0.05, 0) is 24.8 Å². The van der Waals surface area contributed by atoms with Crippen LogP contribution in [0.15, 0.2) is 29.1 Å². The standard InChI is InChI=1S/C26H35N3O4S.CH4/c1-4-17(5-2)16-29-20-9-7-6-8-19(20)23-21(26(29)32)22(33-3)24(34-23)25(31)27-18-10-12-28(13-11-18)14-15-30;/h6-9,17-18,30H,4-5,10-16H2,1-3H3,(H,27,31);1H4. The van der Waals surface area contributed by atoms with Crippen molar-refractivity contribution in [3.63, 3.8) is 0 Å². The number of aliphatic hydroxyl groups is 1.